The topological polar surface area (TPSA) is 54.8 Å². The fourth-order valence-corrected chi connectivity index (χ4v) is 3.46. The van der Waals surface area contributed by atoms with Crippen LogP contribution in [-0.2, 0) is 27.4 Å². The SMILES string of the molecule is COCCN(CC(=O)N(Cc1cccn1Cc1ccccc1Cl)CC(C)C)C(C)=O. The Kier molecular flexibility index (Phi) is 9.40. The van der Waals surface area contributed by atoms with Gasteiger partial charge in [0.15, 0.2) is 0 Å². The lowest BCUT2D eigenvalue weighted by atomic mass is 10.2. The molecule has 0 unspecified atom stereocenters. The van der Waals surface area contributed by atoms with Crippen LogP contribution in [0, 0.1) is 5.92 Å². The van der Waals surface area contributed by atoms with Crippen LogP contribution in [0.3, 0.4) is 0 Å². The molecule has 0 aliphatic heterocycles. The molecule has 0 atom stereocenters. The fraction of sp³-hybridized carbons (Fsp3) is 0.478. The zero-order valence-corrected chi connectivity index (χ0v) is 19.1. The maximum atomic E-state index is 13.1. The van der Waals surface area contributed by atoms with Gasteiger partial charge in [0.2, 0.25) is 11.8 Å². The molecule has 2 rings (SSSR count). The Hall–Kier alpha value is -2.31. The van der Waals surface area contributed by atoms with E-state index in [1.165, 1.54) is 11.8 Å². The van der Waals surface area contributed by atoms with Gasteiger partial charge in [-0.25, -0.2) is 0 Å². The van der Waals surface area contributed by atoms with Crippen LogP contribution in [0.25, 0.3) is 0 Å². The highest BCUT2D eigenvalue weighted by molar-refractivity contribution is 6.31. The van der Waals surface area contributed by atoms with Crippen LogP contribution >= 0.6 is 11.6 Å². The molecule has 0 spiro atoms. The number of carbonyl (C=O) groups is 2. The van der Waals surface area contributed by atoms with Crippen molar-refractivity contribution in [1.82, 2.24) is 14.4 Å². The molecule has 0 saturated heterocycles. The van der Waals surface area contributed by atoms with Crippen molar-refractivity contribution in [2.75, 3.05) is 33.4 Å². The number of aromatic nitrogens is 1. The number of ether oxygens (including phenoxy) is 1. The summed E-state index contributed by atoms with van der Waals surface area (Å²) in [4.78, 5) is 28.3. The van der Waals surface area contributed by atoms with E-state index in [-0.39, 0.29) is 18.4 Å². The lowest BCUT2D eigenvalue weighted by molar-refractivity contribution is -0.140. The van der Waals surface area contributed by atoms with Crippen LogP contribution in [-0.4, -0.2) is 59.5 Å². The van der Waals surface area contributed by atoms with E-state index in [0.717, 1.165) is 16.3 Å². The van der Waals surface area contributed by atoms with Crippen molar-refractivity contribution >= 4 is 23.4 Å². The van der Waals surface area contributed by atoms with E-state index in [1.807, 2.05) is 47.5 Å². The molecule has 0 saturated carbocycles. The van der Waals surface area contributed by atoms with Crippen molar-refractivity contribution < 1.29 is 14.3 Å². The second-order valence-corrected chi connectivity index (χ2v) is 8.23. The molecule has 2 aromatic rings. The Morgan fingerprint density at radius 2 is 1.87 bits per heavy atom. The molecule has 1 aromatic heterocycles. The van der Waals surface area contributed by atoms with Gasteiger partial charge in [-0.15, -0.1) is 0 Å². The number of hydrogen-bond acceptors (Lipinski definition) is 3. The summed E-state index contributed by atoms with van der Waals surface area (Å²) in [5.74, 6) is 0.109. The molecule has 6 nitrogen and oxygen atoms in total. The molecule has 0 bridgehead atoms. The summed E-state index contributed by atoms with van der Waals surface area (Å²) in [7, 11) is 1.58. The quantitative estimate of drug-likeness (QED) is 0.543. The Morgan fingerprint density at radius 3 is 2.50 bits per heavy atom. The Morgan fingerprint density at radius 1 is 1.13 bits per heavy atom. The molecule has 1 aromatic carbocycles. The minimum Gasteiger partial charge on any atom is -0.383 e. The lowest BCUT2D eigenvalue weighted by Gasteiger charge is -2.28. The predicted molar refractivity (Wildman–Crippen MR) is 119 cm³/mol. The predicted octanol–water partition coefficient (Wildman–Crippen LogP) is 3.67. The number of halogens is 1. The number of amides is 2. The first-order chi connectivity index (χ1) is 14.3. The first-order valence-corrected chi connectivity index (χ1v) is 10.6. The fourth-order valence-electron chi connectivity index (χ4n) is 3.26. The van der Waals surface area contributed by atoms with Gasteiger partial charge in [0.1, 0.15) is 0 Å². The third-order valence-electron chi connectivity index (χ3n) is 4.85. The molecule has 0 aliphatic rings. The third kappa shape index (κ3) is 7.18. The van der Waals surface area contributed by atoms with Crippen LogP contribution in [0.4, 0.5) is 0 Å². The van der Waals surface area contributed by atoms with Crippen LogP contribution in [0.15, 0.2) is 42.6 Å². The Balaban J connectivity index is 2.15. The highest BCUT2D eigenvalue weighted by atomic mass is 35.5. The molecule has 0 radical (unpaired) electrons. The summed E-state index contributed by atoms with van der Waals surface area (Å²) in [5, 5.41) is 0.725. The Labute approximate surface area is 184 Å². The zero-order chi connectivity index (χ0) is 22.1. The average molecular weight is 434 g/mol. The molecule has 1 heterocycles. The van der Waals surface area contributed by atoms with Gasteiger partial charge in [-0.3, -0.25) is 9.59 Å². The Bertz CT molecular complexity index is 835. The number of rotatable bonds is 11. The van der Waals surface area contributed by atoms with E-state index >= 15 is 0 Å². The highest BCUT2D eigenvalue weighted by Gasteiger charge is 2.21. The molecule has 2 amide bonds. The van der Waals surface area contributed by atoms with Crippen molar-refractivity contribution in [2.24, 2.45) is 5.92 Å². The van der Waals surface area contributed by atoms with Crippen molar-refractivity contribution in [3.05, 3.63) is 58.9 Å². The molecule has 0 aliphatic carbocycles. The molecule has 164 valence electrons. The summed E-state index contributed by atoms with van der Waals surface area (Å²) in [6.45, 7) is 8.22. The average Bonchev–Trinajstić information content (AvgIpc) is 3.12. The number of benzene rings is 1. The number of carbonyl (C=O) groups excluding carboxylic acids is 2. The lowest BCUT2D eigenvalue weighted by Crippen LogP contribution is -2.44. The second kappa shape index (κ2) is 11.8. The van der Waals surface area contributed by atoms with Gasteiger partial charge >= 0.3 is 0 Å². The molecule has 7 heteroatoms. The molecule has 0 fully saturated rings. The largest absolute Gasteiger partial charge is 0.383 e. The van der Waals surface area contributed by atoms with Crippen LogP contribution in [0.1, 0.15) is 32.0 Å². The van der Waals surface area contributed by atoms with Gasteiger partial charge < -0.3 is 19.1 Å². The normalized spacial score (nSPS) is 11.0. The van der Waals surface area contributed by atoms with Crippen molar-refractivity contribution in [3.8, 4) is 0 Å². The van der Waals surface area contributed by atoms with E-state index in [4.69, 9.17) is 16.3 Å². The van der Waals surface area contributed by atoms with E-state index < -0.39 is 0 Å². The standard InChI is InChI=1S/C23H32ClN3O3/c1-18(2)14-27(23(29)17-25(19(3)28)12-13-30-4)16-21-9-7-11-26(21)15-20-8-5-6-10-22(20)24/h5-11,18H,12-17H2,1-4H3. The van der Waals surface area contributed by atoms with Gasteiger partial charge in [-0.2, -0.15) is 0 Å². The van der Waals surface area contributed by atoms with Gasteiger partial charge in [0, 0.05) is 50.6 Å². The van der Waals surface area contributed by atoms with Crippen molar-refractivity contribution in [1.29, 1.82) is 0 Å². The second-order valence-electron chi connectivity index (χ2n) is 7.82. The van der Waals surface area contributed by atoms with Gasteiger partial charge in [-0.05, 0) is 29.7 Å². The monoisotopic (exact) mass is 433 g/mol. The minimum absolute atomic E-state index is 0.0522. The molecular formula is C23H32ClN3O3. The summed E-state index contributed by atoms with van der Waals surface area (Å²) in [6, 6.07) is 11.8. The molecule has 30 heavy (non-hydrogen) atoms. The minimum atomic E-state index is -0.132. The van der Waals surface area contributed by atoms with E-state index in [2.05, 4.69) is 18.4 Å². The first-order valence-electron chi connectivity index (χ1n) is 10.2. The zero-order valence-electron chi connectivity index (χ0n) is 18.3. The first kappa shape index (κ1) is 24.0. The highest BCUT2D eigenvalue weighted by Crippen LogP contribution is 2.18. The summed E-state index contributed by atoms with van der Waals surface area (Å²) in [5.41, 5.74) is 2.05. The third-order valence-corrected chi connectivity index (χ3v) is 5.22. The van der Waals surface area contributed by atoms with Crippen LogP contribution < -0.4 is 0 Å². The van der Waals surface area contributed by atoms with Crippen LogP contribution in [0.2, 0.25) is 5.02 Å². The van der Waals surface area contributed by atoms with E-state index in [0.29, 0.717) is 38.7 Å². The molecular weight excluding hydrogens is 402 g/mol. The van der Waals surface area contributed by atoms with Gasteiger partial charge in [-0.1, -0.05) is 43.6 Å². The van der Waals surface area contributed by atoms with Crippen molar-refractivity contribution in [2.45, 2.75) is 33.9 Å². The summed E-state index contributed by atoms with van der Waals surface area (Å²) >= 11 is 6.32. The maximum Gasteiger partial charge on any atom is 0.242 e. The maximum absolute atomic E-state index is 13.1. The smallest absolute Gasteiger partial charge is 0.242 e. The number of nitrogens with zero attached hydrogens (tertiary/aromatic N) is 3. The van der Waals surface area contributed by atoms with E-state index in [9.17, 15) is 9.59 Å². The van der Waals surface area contributed by atoms with Gasteiger partial charge in [0.05, 0.1) is 19.7 Å². The summed E-state index contributed by atoms with van der Waals surface area (Å²) in [6.07, 6.45) is 2.00. The number of methoxy groups -OCH3 is 1. The number of hydrogen-bond donors (Lipinski definition) is 0. The van der Waals surface area contributed by atoms with Gasteiger partial charge in [0.25, 0.3) is 0 Å². The molecule has 0 N–H and O–H groups in total. The van der Waals surface area contributed by atoms with E-state index in [1.54, 1.807) is 7.11 Å². The van der Waals surface area contributed by atoms with Crippen molar-refractivity contribution in [3.63, 3.8) is 0 Å². The van der Waals surface area contributed by atoms with Crippen LogP contribution in [0.5, 0.6) is 0 Å². The summed E-state index contributed by atoms with van der Waals surface area (Å²) < 4.78 is 7.17.